The first-order valence-corrected chi connectivity index (χ1v) is 14.8. The highest BCUT2D eigenvalue weighted by atomic mass is 32.2. The first-order chi connectivity index (χ1) is 18.6. The zero-order chi connectivity index (χ0) is 28.4. The number of anilines is 1. The maximum absolute atomic E-state index is 14.0. The van der Waals surface area contributed by atoms with E-state index >= 15 is 0 Å². The van der Waals surface area contributed by atoms with Crippen molar-refractivity contribution in [3.05, 3.63) is 101 Å². The van der Waals surface area contributed by atoms with E-state index in [1.807, 2.05) is 68.4 Å². The molecule has 208 valence electrons. The fraction of sp³-hybridized carbons (Fsp3) is 0.333. The number of carbonyl (C=O) groups is 2. The molecule has 0 aliphatic heterocycles. The molecule has 1 N–H and O–H groups in total. The third-order valence-electron chi connectivity index (χ3n) is 6.33. The van der Waals surface area contributed by atoms with Crippen molar-refractivity contribution in [2.45, 2.75) is 45.7 Å². The number of benzene rings is 3. The van der Waals surface area contributed by atoms with E-state index in [0.29, 0.717) is 6.54 Å². The lowest BCUT2D eigenvalue weighted by Gasteiger charge is -2.33. The maximum Gasteiger partial charge on any atom is 0.244 e. The molecule has 7 nitrogen and oxygen atoms in total. The van der Waals surface area contributed by atoms with E-state index in [0.717, 1.165) is 52.2 Å². The van der Waals surface area contributed by atoms with E-state index < -0.39 is 34.3 Å². The number of amides is 2. The van der Waals surface area contributed by atoms with Crippen LogP contribution in [0.1, 0.15) is 36.5 Å². The van der Waals surface area contributed by atoms with Gasteiger partial charge in [-0.2, -0.15) is 0 Å². The molecule has 3 aromatic rings. The summed E-state index contributed by atoms with van der Waals surface area (Å²) >= 11 is 0. The number of carbonyl (C=O) groups excluding carboxylic acids is 2. The van der Waals surface area contributed by atoms with Crippen molar-refractivity contribution in [2.24, 2.45) is 0 Å². The molecule has 3 rings (SSSR count). The quantitative estimate of drug-likeness (QED) is 0.317. The number of hydrogen-bond donors (Lipinski definition) is 1. The third kappa shape index (κ3) is 8.92. The Balaban J connectivity index is 2.02. The molecule has 0 aliphatic rings. The Hall–Kier alpha value is -3.72. The van der Waals surface area contributed by atoms with Gasteiger partial charge < -0.3 is 10.2 Å². The Morgan fingerprint density at radius 3 is 2.23 bits per heavy atom. The zero-order valence-electron chi connectivity index (χ0n) is 22.6. The van der Waals surface area contributed by atoms with Crippen LogP contribution in [0.25, 0.3) is 0 Å². The maximum atomic E-state index is 14.0. The molecule has 0 aromatic heterocycles. The summed E-state index contributed by atoms with van der Waals surface area (Å²) in [5, 5.41) is 2.95. The highest BCUT2D eigenvalue weighted by molar-refractivity contribution is 7.92. The summed E-state index contributed by atoms with van der Waals surface area (Å²) in [5.74, 6) is -1.37. The average Bonchev–Trinajstić information content (AvgIpc) is 2.90. The molecule has 0 bridgehead atoms. The summed E-state index contributed by atoms with van der Waals surface area (Å²) in [5.41, 5.74) is 2.84. The highest BCUT2D eigenvalue weighted by Gasteiger charge is 2.33. The largest absolute Gasteiger partial charge is 0.354 e. The predicted octanol–water partition coefficient (Wildman–Crippen LogP) is 4.46. The molecule has 0 saturated heterocycles. The monoisotopic (exact) mass is 553 g/mol. The number of nitrogens with one attached hydrogen (secondary N) is 1. The first-order valence-electron chi connectivity index (χ1n) is 13.0. The van der Waals surface area contributed by atoms with Crippen molar-refractivity contribution in [2.75, 3.05) is 23.7 Å². The van der Waals surface area contributed by atoms with Crippen LogP contribution in [-0.2, 0) is 32.6 Å². The number of unbranched alkanes of at least 4 members (excludes halogenated alkanes) is 1. The fourth-order valence-electron chi connectivity index (χ4n) is 4.29. The smallest absolute Gasteiger partial charge is 0.244 e. The van der Waals surface area contributed by atoms with E-state index in [1.165, 1.54) is 17.0 Å². The van der Waals surface area contributed by atoms with Crippen LogP contribution in [0, 0.1) is 12.7 Å². The van der Waals surface area contributed by atoms with Gasteiger partial charge in [0, 0.05) is 19.5 Å². The van der Waals surface area contributed by atoms with E-state index in [2.05, 4.69) is 5.32 Å². The van der Waals surface area contributed by atoms with Crippen LogP contribution in [0.4, 0.5) is 10.1 Å². The molecule has 0 radical (unpaired) electrons. The second-order valence-corrected chi connectivity index (χ2v) is 11.5. The van der Waals surface area contributed by atoms with Crippen LogP contribution in [0.3, 0.4) is 0 Å². The van der Waals surface area contributed by atoms with Gasteiger partial charge in [-0.15, -0.1) is 0 Å². The molecule has 3 aromatic carbocycles. The molecular formula is C30H36FN3O4S. The summed E-state index contributed by atoms with van der Waals surface area (Å²) in [4.78, 5) is 28.9. The van der Waals surface area contributed by atoms with E-state index in [1.54, 1.807) is 0 Å². The predicted molar refractivity (Wildman–Crippen MR) is 152 cm³/mol. The number of halogens is 1. The Morgan fingerprint density at radius 2 is 1.62 bits per heavy atom. The number of rotatable bonds is 13. The van der Waals surface area contributed by atoms with E-state index in [4.69, 9.17) is 0 Å². The van der Waals surface area contributed by atoms with Crippen LogP contribution in [0.2, 0.25) is 0 Å². The van der Waals surface area contributed by atoms with Crippen molar-refractivity contribution < 1.29 is 22.4 Å². The van der Waals surface area contributed by atoms with Gasteiger partial charge >= 0.3 is 0 Å². The molecule has 0 aliphatic carbocycles. The minimum Gasteiger partial charge on any atom is -0.354 e. The highest BCUT2D eigenvalue weighted by Crippen LogP contribution is 2.21. The average molecular weight is 554 g/mol. The lowest BCUT2D eigenvalue weighted by Crippen LogP contribution is -2.53. The van der Waals surface area contributed by atoms with Gasteiger partial charge in [-0.1, -0.05) is 73.5 Å². The van der Waals surface area contributed by atoms with Gasteiger partial charge in [0.25, 0.3) is 0 Å². The molecule has 9 heteroatoms. The molecule has 0 spiro atoms. The van der Waals surface area contributed by atoms with Gasteiger partial charge in [0.05, 0.1) is 11.9 Å². The summed E-state index contributed by atoms with van der Waals surface area (Å²) in [6.45, 7) is 4.01. The SMILES string of the molecule is CCCCNC(=O)[C@H](Cc1ccccc1)N(Cc1cccc(C)c1)C(=O)CN(c1ccc(F)cc1)S(C)(=O)=O. The van der Waals surface area contributed by atoms with Crippen LogP contribution < -0.4 is 9.62 Å². The van der Waals surface area contributed by atoms with Gasteiger partial charge in [-0.05, 0) is 48.7 Å². The normalized spacial score (nSPS) is 12.0. The van der Waals surface area contributed by atoms with Crippen molar-refractivity contribution in [1.82, 2.24) is 10.2 Å². The van der Waals surface area contributed by atoms with Crippen LogP contribution in [0.15, 0.2) is 78.9 Å². The van der Waals surface area contributed by atoms with Crippen molar-refractivity contribution in [3.8, 4) is 0 Å². The molecule has 0 fully saturated rings. The fourth-order valence-corrected chi connectivity index (χ4v) is 5.14. The molecule has 0 saturated carbocycles. The number of nitrogens with zero attached hydrogens (tertiary/aromatic N) is 2. The Kier molecular flexibility index (Phi) is 10.6. The van der Waals surface area contributed by atoms with Gasteiger partial charge in [-0.25, -0.2) is 12.8 Å². The Labute approximate surface area is 230 Å². The molecular weight excluding hydrogens is 517 g/mol. The minimum atomic E-state index is -3.90. The summed E-state index contributed by atoms with van der Waals surface area (Å²) in [6.07, 6.45) is 2.94. The zero-order valence-corrected chi connectivity index (χ0v) is 23.5. The second-order valence-electron chi connectivity index (χ2n) is 9.61. The lowest BCUT2D eigenvalue weighted by molar-refractivity contribution is -0.140. The Morgan fingerprint density at radius 1 is 0.949 bits per heavy atom. The Bertz CT molecular complexity index is 1350. The lowest BCUT2D eigenvalue weighted by atomic mass is 10.0. The molecule has 2 amide bonds. The van der Waals surface area contributed by atoms with Crippen molar-refractivity contribution in [3.63, 3.8) is 0 Å². The molecule has 39 heavy (non-hydrogen) atoms. The number of hydrogen-bond acceptors (Lipinski definition) is 4. The van der Waals surface area contributed by atoms with Crippen LogP contribution >= 0.6 is 0 Å². The minimum absolute atomic E-state index is 0.111. The number of aryl methyl sites for hydroxylation is 1. The van der Waals surface area contributed by atoms with E-state index in [-0.39, 0.29) is 24.6 Å². The summed E-state index contributed by atoms with van der Waals surface area (Å²) in [7, 11) is -3.90. The third-order valence-corrected chi connectivity index (χ3v) is 7.47. The first kappa shape index (κ1) is 29.8. The van der Waals surface area contributed by atoms with Gasteiger partial charge in [0.15, 0.2) is 0 Å². The van der Waals surface area contributed by atoms with Crippen LogP contribution in [0.5, 0.6) is 0 Å². The molecule has 1 atom stereocenters. The molecule has 0 heterocycles. The second kappa shape index (κ2) is 13.9. The number of sulfonamides is 1. The summed E-state index contributed by atoms with van der Waals surface area (Å²) < 4.78 is 39.9. The van der Waals surface area contributed by atoms with Crippen molar-refractivity contribution >= 4 is 27.5 Å². The topological polar surface area (TPSA) is 86.8 Å². The van der Waals surface area contributed by atoms with Gasteiger partial charge in [-0.3, -0.25) is 13.9 Å². The van der Waals surface area contributed by atoms with Crippen molar-refractivity contribution in [1.29, 1.82) is 0 Å². The molecule has 0 unspecified atom stereocenters. The van der Waals surface area contributed by atoms with Crippen LogP contribution in [-0.4, -0.2) is 50.5 Å². The van der Waals surface area contributed by atoms with Gasteiger partial charge in [0.2, 0.25) is 21.8 Å². The van der Waals surface area contributed by atoms with Gasteiger partial charge in [0.1, 0.15) is 18.4 Å². The van der Waals surface area contributed by atoms with E-state index in [9.17, 15) is 22.4 Å². The standard InChI is InChI=1S/C30H36FN3O4S/c1-4-5-18-32-30(36)28(20-24-11-7-6-8-12-24)33(21-25-13-9-10-23(2)19-25)29(35)22-34(39(3,37)38)27-16-14-26(31)15-17-27/h6-17,19,28H,4-5,18,20-22H2,1-3H3,(H,32,36)/t28-/m0/s1. The summed E-state index contributed by atoms with van der Waals surface area (Å²) in [6, 6.07) is 21.0.